The molecule has 2 rings (SSSR count). The molecule has 2 aromatic rings. The average molecular weight is 418 g/mol. The third kappa shape index (κ3) is 6.32. The summed E-state index contributed by atoms with van der Waals surface area (Å²) >= 11 is 0. The van der Waals surface area contributed by atoms with Crippen molar-refractivity contribution in [2.45, 2.75) is 57.8 Å². The Bertz CT molecular complexity index is 874. The van der Waals surface area contributed by atoms with Gasteiger partial charge in [0, 0.05) is 6.54 Å². The van der Waals surface area contributed by atoms with Crippen molar-refractivity contribution >= 4 is 21.7 Å². The Hall–Kier alpha value is -2.34. The Balaban J connectivity index is 2.29. The second-order valence-corrected chi connectivity index (χ2v) is 8.93. The molecule has 5 nitrogen and oxygen atoms in total. The first-order valence-electron chi connectivity index (χ1n) is 10.3. The van der Waals surface area contributed by atoms with Gasteiger partial charge < -0.3 is 4.74 Å². The van der Waals surface area contributed by atoms with Crippen molar-refractivity contribution < 1.29 is 17.9 Å². The van der Waals surface area contributed by atoms with E-state index in [4.69, 9.17) is 4.74 Å². The van der Waals surface area contributed by atoms with Crippen LogP contribution >= 0.6 is 0 Å². The lowest BCUT2D eigenvalue weighted by Gasteiger charge is -2.25. The van der Waals surface area contributed by atoms with Gasteiger partial charge >= 0.3 is 5.97 Å². The molecule has 0 aromatic heterocycles. The Labute approximate surface area is 174 Å². The Morgan fingerprint density at radius 2 is 1.52 bits per heavy atom. The SMILES string of the molecule is CCCCCCCN(c1ccc(C(=O)OCC)cc1)S(=O)(=O)c1ccc(C)cc1. The minimum absolute atomic E-state index is 0.270. The fraction of sp³-hybridized carbons (Fsp3) is 0.435. The van der Waals surface area contributed by atoms with Gasteiger partial charge in [0.15, 0.2) is 0 Å². The minimum Gasteiger partial charge on any atom is -0.462 e. The number of hydrogen-bond acceptors (Lipinski definition) is 4. The van der Waals surface area contributed by atoms with Crippen LogP contribution in [0.4, 0.5) is 5.69 Å². The predicted molar refractivity (Wildman–Crippen MR) is 117 cm³/mol. The smallest absolute Gasteiger partial charge is 0.338 e. The number of carbonyl (C=O) groups is 1. The molecule has 0 spiro atoms. The van der Waals surface area contributed by atoms with Crippen LogP contribution in [0.2, 0.25) is 0 Å². The number of nitrogens with zero attached hydrogens (tertiary/aromatic N) is 1. The summed E-state index contributed by atoms with van der Waals surface area (Å²) in [6, 6.07) is 13.5. The molecular weight excluding hydrogens is 386 g/mol. The molecule has 29 heavy (non-hydrogen) atoms. The molecule has 2 aromatic carbocycles. The summed E-state index contributed by atoms with van der Waals surface area (Å²) in [5.74, 6) is -0.411. The molecule has 0 aliphatic rings. The topological polar surface area (TPSA) is 63.7 Å². The number of esters is 1. The van der Waals surface area contributed by atoms with Crippen molar-refractivity contribution in [2.75, 3.05) is 17.5 Å². The summed E-state index contributed by atoms with van der Waals surface area (Å²) in [7, 11) is -3.69. The lowest BCUT2D eigenvalue weighted by molar-refractivity contribution is 0.0526. The van der Waals surface area contributed by atoms with Crippen molar-refractivity contribution in [2.24, 2.45) is 0 Å². The average Bonchev–Trinajstić information content (AvgIpc) is 2.71. The first kappa shape index (κ1) is 22.9. The second-order valence-electron chi connectivity index (χ2n) is 7.07. The molecule has 0 bridgehead atoms. The normalized spacial score (nSPS) is 11.3. The molecule has 0 aliphatic carbocycles. The third-order valence-corrected chi connectivity index (χ3v) is 6.58. The number of hydrogen-bond donors (Lipinski definition) is 0. The summed E-state index contributed by atoms with van der Waals surface area (Å²) in [4.78, 5) is 12.2. The fourth-order valence-electron chi connectivity index (χ4n) is 3.06. The first-order valence-corrected chi connectivity index (χ1v) is 11.7. The van der Waals surface area contributed by atoms with Crippen molar-refractivity contribution in [1.29, 1.82) is 0 Å². The molecule has 158 valence electrons. The van der Waals surface area contributed by atoms with Crippen LogP contribution in [0.1, 0.15) is 61.9 Å². The maximum Gasteiger partial charge on any atom is 0.338 e. The highest BCUT2D eigenvalue weighted by Gasteiger charge is 2.24. The van der Waals surface area contributed by atoms with Gasteiger partial charge in [0.1, 0.15) is 0 Å². The van der Waals surface area contributed by atoms with Crippen molar-refractivity contribution in [3.8, 4) is 0 Å². The number of rotatable bonds is 11. The van der Waals surface area contributed by atoms with Gasteiger partial charge in [-0.1, -0.05) is 50.3 Å². The van der Waals surface area contributed by atoms with E-state index >= 15 is 0 Å². The zero-order valence-electron chi connectivity index (χ0n) is 17.6. The molecule has 0 saturated heterocycles. The highest BCUT2D eigenvalue weighted by molar-refractivity contribution is 7.92. The quantitative estimate of drug-likeness (QED) is 0.366. The zero-order valence-corrected chi connectivity index (χ0v) is 18.4. The molecule has 0 radical (unpaired) electrons. The van der Waals surface area contributed by atoms with E-state index in [1.165, 1.54) is 4.31 Å². The number of carbonyl (C=O) groups excluding carboxylic acids is 1. The Morgan fingerprint density at radius 3 is 2.10 bits per heavy atom. The maximum absolute atomic E-state index is 13.3. The largest absolute Gasteiger partial charge is 0.462 e. The Morgan fingerprint density at radius 1 is 0.897 bits per heavy atom. The summed E-state index contributed by atoms with van der Waals surface area (Å²) in [5.41, 5.74) is 1.97. The van der Waals surface area contributed by atoms with E-state index in [9.17, 15) is 13.2 Å². The molecule has 0 atom stereocenters. The molecule has 0 N–H and O–H groups in total. The highest BCUT2D eigenvalue weighted by atomic mass is 32.2. The van der Waals surface area contributed by atoms with Crippen LogP contribution in [0.3, 0.4) is 0 Å². The number of sulfonamides is 1. The van der Waals surface area contributed by atoms with E-state index in [1.807, 2.05) is 6.92 Å². The molecule has 0 heterocycles. The lowest BCUT2D eigenvalue weighted by atomic mass is 10.1. The van der Waals surface area contributed by atoms with Gasteiger partial charge in [-0.2, -0.15) is 0 Å². The van der Waals surface area contributed by atoms with Crippen LogP contribution in [0, 0.1) is 6.92 Å². The van der Waals surface area contributed by atoms with Gasteiger partial charge in [-0.25, -0.2) is 13.2 Å². The van der Waals surface area contributed by atoms with Crippen LogP contribution in [-0.4, -0.2) is 27.5 Å². The van der Waals surface area contributed by atoms with E-state index in [1.54, 1.807) is 55.5 Å². The number of unbranched alkanes of at least 4 members (excludes halogenated alkanes) is 4. The summed E-state index contributed by atoms with van der Waals surface area (Å²) in [6.07, 6.45) is 5.15. The molecular formula is C23H31NO4S. The highest BCUT2D eigenvalue weighted by Crippen LogP contribution is 2.25. The first-order chi connectivity index (χ1) is 13.9. The van der Waals surface area contributed by atoms with Gasteiger partial charge in [0.2, 0.25) is 0 Å². The molecule has 0 amide bonds. The monoisotopic (exact) mass is 417 g/mol. The van der Waals surface area contributed by atoms with Gasteiger partial charge in [0.05, 0.1) is 22.8 Å². The Kier molecular flexibility index (Phi) is 8.70. The van der Waals surface area contributed by atoms with E-state index in [2.05, 4.69) is 6.92 Å². The predicted octanol–water partition coefficient (Wildman–Crippen LogP) is 5.34. The fourth-order valence-corrected chi connectivity index (χ4v) is 4.57. The van der Waals surface area contributed by atoms with Crippen LogP contribution in [0.25, 0.3) is 0 Å². The van der Waals surface area contributed by atoms with E-state index < -0.39 is 16.0 Å². The number of ether oxygens (including phenoxy) is 1. The summed E-state index contributed by atoms with van der Waals surface area (Å²) < 4.78 is 33.1. The number of benzene rings is 2. The van der Waals surface area contributed by atoms with Crippen molar-refractivity contribution in [3.63, 3.8) is 0 Å². The zero-order chi connectivity index (χ0) is 21.3. The summed E-state index contributed by atoms with van der Waals surface area (Å²) in [5, 5.41) is 0. The second kappa shape index (κ2) is 11.0. The van der Waals surface area contributed by atoms with E-state index in [0.29, 0.717) is 24.4 Å². The molecule has 0 fully saturated rings. The van der Waals surface area contributed by atoms with Crippen molar-refractivity contribution in [3.05, 3.63) is 59.7 Å². The molecule has 0 aliphatic heterocycles. The minimum atomic E-state index is -3.69. The molecule has 0 unspecified atom stereocenters. The van der Waals surface area contributed by atoms with Crippen LogP contribution in [0.15, 0.2) is 53.4 Å². The van der Waals surface area contributed by atoms with Crippen LogP contribution < -0.4 is 4.31 Å². The molecule has 6 heteroatoms. The van der Waals surface area contributed by atoms with Gasteiger partial charge in [-0.3, -0.25) is 4.31 Å². The van der Waals surface area contributed by atoms with Crippen molar-refractivity contribution in [1.82, 2.24) is 0 Å². The van der Waals surface area contributed by atoms with Gasteiger partial charge in [-0.05, 0) is 56.7 Å². The summed E-state index contributed by atoms with van der Waals surface area (Å²) in [6.45, 7) is 6.53. The number of anilines is 1. The third-order valence-electron chi connectivity index (χ3n) is 4.74. The molecule has 0 saturated carbocycles. The lowest BCUT2D eigenvalue weighted by Crippen LogP contribution is -2.32. The maximum atomic E-state index is 13.3. The van der Waals surface area contributed by atoms with E-state index in [-0.39, 0.29) is 4.90 Å². The van der Waals surface area contributed by atoms with Gasteiger partial charge in [0.25, 0.3) is 10.0 Å². The van der Waals surface area contributed by atoms with Gasteiger partial charge in [-0.15, -0.1) is 0 Å². The van der Waals surface area contributed by atoms with Crippen LogP contribution in [-0.2, 0) is 14.8 Å². The van der Waals surface area contributed by atoms with Crippen LogP contribution in [0.5, 0.6) is 0 Å². The standard InChI is InChI=1S/C23H31NO4S/c1-4-6-7-8-9-18-24(29(26,27)22-16-10-19(3)11-17-22)21-14-12-20(13-15-21)23(25)28-5-2/h10-17H,4-9,18H2,1-3H3. The number of aryl methyl sites for hydroxylation is 1. The van der Waals surface area contributed by atoms with E-state index in [0.717, 1.165) is 37.7 Å².